The quantitative estimate of drug-likeness (QED) is 0.123. The lowest BCUT2D eigenvalue weighted by molar-refractivity contribution is 0.666. The van der Waals surface area contributed by atoms with E-state index in [1.807, 2.05) is 0 Å². The minimum atomic E-state index is -0.495. The number of benzene rings is 4. The van der Waals surface area contributed by atoms with Crippen LogP contribution in [0.2, 0.25) is 0 Å². The molecule has 0 radical (unpaired) electrons. The maximum atomic E-state index is 5.32. The fraction of sp³-hybridized carbons (Fsp3) is 0.206. The summed E-state index contributed by atoms with van der Waals surface area (Å²) in [5.41, 5.74) is 9.30. The van der Waals surface area contributed by atoms with Crippen LogP contribution < -0.4 is 0 Å². The lowest BCUT2D eigenvalue weighted by Crippen LogP contribution is -2.28. The van der Waals surface area contributed by atoms with Crippen LogP contribution in [0.25, 0.3) is 22.5 Å². The standard InChI is InChI=1S/C34H29Br2N3S2/c1-2-3-4-5-6-21-7-11-23(12-8-21)34(24-13-9-22(10-14-24)31-37-32(40)39-33(41)38-31)29-19-25(35)15-17-27(29)28-18-16-26(36)20-30(28)34/h7-20H,2-6H2,1H3,(H2,37,38,39,40,41). The van der Waals surface area contributed by atoms with Crippen molar-refractivity contribution in [2.75, 3.05) is 0 Å². The molecule has 0 bridgehead atoms. The molecule has 0 fully saturated rings. The van der Waals surface area contributed by atoms with E-state index >= 15 is 0 Å². The lowest BCUT2D eigenvalue weighted by Gasteiger charge is -2.34. The highest BCUT2D eigenvalue weighted by Gasteiger charge is 2.46. The van der Waals surface area contributed by atoms with Crippen molar-refractivity contribution in [2.45, 2.75) is 44.4 Å². The maximum absolute atomic E-state index is 5.32. The summed E-state index contributed by atoms with van der Waals surface area (Å²) in [5.74, 6) is 0.657. The van der Waals surface area contributed by atoms with E-state index in [9.17, 15) is 0 Å². The molecule has 0 amide bonds. The van der Waals surface area contributed by atoms with Gasteiger partial charge in [0.1, 0.15) is 5.82 Å². The Morgan fingerprint density at radius 2 is 1.29 bits per heavy atom. The highest BCUT2D eigenvalue weighted by atomic mass is 79.9. The summed E-state index contributed by atoms with van der Waals surface area (Å²) >= 11 is 18.2. The number of aryl methyl sites for hydroxylation is 1. The molecule has 4 aromatic carbocycles. The highest BCUT2D eigenvalue weighted by molar-refractivity contribution is 9.10. The summed E-state index contributed by atoms with van der Waals surface area (Å²) in [6, 6.07) is 31.3. The molecule has 5 aromatic rings. The summed E-state index contributed by atoms with van der Waals surface area (Å²) in [5, 5.41) is 0. The Kier molecular flexibility index (Phi) is 8.23. The maximum Gasteiger partial charge on any atom is 0.200 e. The van der Waals surface area contributed by atoms with Crippen molar-refractivity contribution in [3.05, 3.63) is 131 Å². The predicted molar refractivity (Wildman–Crippen MR) is 181 cm³/mol. The van der Waals surface area contributed by atoms with E-state index in [0.717, 1.165) is 20.9 Å². The van der Waals surface area contributed by atoms with Gasteiger partial charge in [0, 0.05) is 14.5 Å². The molecule has 1 aliphatic carbocycles. The molecule has 7 heteroatoms. The molecule has 206 valence electrons. The Morgan fingerprint density at radius 3 is 1.85 bits per heavy atom. The fourth-order valence-electron chi connectivity index (χ4n) is 6.14. The van der Waals surface area contributed by atoms with Gasteiger partial charge < -0.3 is 9.97 Å². The van der Waals surface area contributed by atoms with Gasteiger partial charge in [0.05, 0.1) is 5.41 Å². The van der Waals surface area contributed by atoms with Gasteiger partial charge in [-0.25, -0.2) is 4.98 Å². The van der Waals surface area contributed by atoms with Gasteiger partial charge in [-0.2, -0.15) is 0 Å². The van der Waals surface area contributed by atoms with E-state index in [1.54, 1.807) is 0 Å². The Bertz CT molecular complexity index is 1760. The van der Waals surface area contributed by atoms with E-state index < -0.39 is 5.41 Å². The first-order valence-electron chi connectivity index (χ1n) is 13.9. The zero-order valence-electron chi connectivity index (χ0n) is 22.6. The Balaban J connectivity index is 1.55. The smallest absolute Gasteiger partial charge is 0.200 e. The molecule has 3 nitrogen and oxygen atoms in total. The Hall–Kier alpha value is -2.71. The molecular weight excluding hydrogens is 674 g/mol. The first-order valence-corrected chi connectivity index (χ1v) is 16.3. The van der Waals surface area contributed by atoms with E-state index in [4.69, 9.17) is 24.4 Å². The number of hydrogen-bond acceptors (Lipinski definition) is 3. The minimum absolute atomic E-state index is 0.368. The number of H-pyrrole nitrogens is 2. The molecular formula is C34H29Br2N3S2. The largest absolute Gasteiger partial charge is 0.317 e. The SMILES string of the molecule is CCCCCCc1ccc(C2(c3ccc(-c4nc(=S)[nH]c(=S)[nH]4)cc3)c3cc(Br)ccc3-c3ccc(Br)cc32)cc1. The number of aromatic amines is 2. The lowest BCUT2D eigenvalue weighted by atomic mass is 9.67. The van der Waals surface area contributed by atoms with E-state index in [0.29, 0.717) is 15.4 Å². The van der Waals surface area contributed by atoms with E-state index in [1.165, 1.54) is 64.6 Å². The molecule has 2 N–H and O–H groups in total. The molecule has 41 heavy (non-hydrogen) atoms. The van der Waals surface area contributed by atoms with Crippen LogP contribution in [-0.4, -0.2) is 15.0 Å². The molecule has 1 heterocycles. The zero-order valence-corrected chi connectivity index (χ0v) is 27.4. The molecule has 0 atom stereocenters. The van der Waals surface area contributed by atoms with Crippen LogP contribution >= 0.6 is 56.3 Å². The molecule has 0 unspecified atom stereocenters. The van der Waals surface area contributed by atoms with Crippen molar-refractivity contribution in [1.82, 2.24) is 15.0 Å². The molecule has 1 aromatic heterocycles. The van der Waals surface area contributed by atoms with Crippen LogP contribution in [-0.2, 0) is 11.8 Å². The van der Waals surface area contributed by atoms with E-state index in [2.05, 4.69) is 139 Å². The van der Waals surface area contributed by atoms with Crippen LogP contribution in [0.1, 0.15) is 60.4 Å². The fourth-order valence-corrected chi connectivity index (χ4v) is 7.32. The van der Waals surface area contributed by atoms with Gasteiger partial charge in [-0.3, -0.25) is 0 Å². The van der Waals surface area contributed by atoms with Crippen LogP contribution in [0.15, 0.2) is 93.9 Å². The summed E-state index contributed by atoms with van der Waals surface area (Å²) < 4.78 is 2.95. The number of nitrogens with zero attached hydrogens (tertiary/aromatic N) is 1. The van der Waals surface area contributed by atoms with Gasteiger partial charge in [-0.15, -0.1) is 0 Å². The van der Waals surface area contributed by atoms with Gasteiger partial charge >= 0.3 is 0 Å². The third-order valence-electron chi connectivity index (χ3n) is 8.02. The van der Waals surface area contributed by atoms with E-state index in [-0.39, 0.29) is 0 Å². The number of unbranched alkanes of at least 4 members (excludes halogenated alkanes) is 3. The Morgan fingerprint density at radius 1 is 0.707 bits per heavy atom. The van der Waals surface area contributed by atoms with Crippen LogP contribution in [0.4, 0.5) is 0 Å². The molecule has 0 saturated heterocycles. The van der Waals surface area contributed by atoms with Gasteiger partial charge in [0.2, 0.25) is 4.77 Å². The van der Waals surface area contributed by atoms with Gasteiger partial charge in [0.25, 0.3) is 0 Å². The number of halogens is 2. The van der Waals surface area contributed by atoms with Crippen LogP contribution in [0.5, 0.6) is 0 Å². The Labute approximate surface area is 267 Å². The summed E-state index contributed by atoms with van der Waals surface area (Å²) in [6.45, 7) is 2.26. The average molecular weight is 704 g/mol. The number of fused-ring (bicyclic) bond motifs is 3. The monoisotopic (exact) mass is 701 g/mol. The van der Waals surface area contributed by atoms with Gasteiger partial charge in [-0.1, -0.05) is 119 Å². The summed E-state index contributed by atoms with van der Waals surface area (Å²) in [4.78, 5) is 10.5. The highest BCUT2D eigenvalue weighted by Crippen LogP contribution is 2.57. The molecule has 6 rings (SSSR count). The second kappa shape index (κ2) is 11.9. The first-order chi connectivity index (χ1) is 19.9. The first kappa shape index (κ1) is 28.4. The predicted octanol–water partition coefficient (Wildman–Crippen LogP) is 10.9. The molecule has 0 spiro atoms. The summed E-state index contributed by atoms with van der Waals surface area (Å²) in [6.07, 6.45) is 6.17. The summed E-state index contributed by atoms with van der Waals surface area (Å²) in [7, 11) is 0. The second-order valence-electron chi connectivity index (χ2n) is 10.6. The van der Waals surface area contributed by atoms with Crippen molar-refractivity contribution in [3.8, 4) is 22.5 Å². The normalized spacial score (nSPS) is 13.1. The number of hydrogen-bond donors (Lipinski definition) is 2. The zero-order chi connectivity index (χ0) is 28.6. The average Bonchev–Trinajstić information content (AvgIpc) is 3.24. The third kappa shape index (κ3) is 5.34. The van der Waals surface area contributed by atoms with Crippen LogP contribution in [0, 0.1) is 9.54 Å². The van der Waals surface area contributed by atoms with Crippen molar-refractivity contribution in [2.24, 2.45) is 0 Å². The minimum Gasteiger partial charge on any atom is -0.317 e. The molecule has 0 saturated carbocycles. The van der Waals surface area contributed by atoms with Crippen molar-refractivity contribution in [1.29, 1.82) is 0 Å². The van der Waals surface area contributed by atoms with Gasteiger partial charge in [0.15, 0.2) is 4.77 Å². The van der Waals surface area contributed by atoms with Gasteiger partial charge in [-0.05, 0) is 100 Å². The van der Waals surface area contributed by atoms with Crippen molar-refractivity contribution >= 4 is 56.3 Å². The van der Waals surface area contributed by atoms with Crippen molar-refractivity contribution < 1.29 is 0 Å². The van der Waals surface area contributed by atoms with Crippen LogP contribution in [0.3, 0.4) is 0 Å². The molecule has 0 aliphatic heterocycles. The number of nitrogens with one attached hydrogen (secondary N) is 2. The second-order valence-corrected chi connectivity index (χ2v) is 13.2. The molecule has 1 aliphatic rings. The van der Waals surface area contributed by atoms with Crippen molar-refractivity contribution in [3.63, 3.8) is 0 Å². The topological polar surface area (TPSA) is 44.5 Å². The number of aromatic nitrogens is 3. The third-order valence-corrected chi connectivity index (χ3v) is 9.41. The number of rotatable bonds is 8.